The molecule has 0 aliphatic carbocycles. The number of carbonyl (C=O) groups excluding carboxylic acids is 2. The Morgan fingerprint density at radius 2 is 2.20 bits per heavy atom. The maximum Gasteiger partial charge on any atom is 0.245 e. The molecule has 2 amide bonds. The van der Waals surface area contributed by atoms with Gasteiger partial charge < -0.3 is 10.2 Å². The average Bonchev–Trinajstić information content (AvgIpc) is 2.74. The second-order valence-electron chi connectivity index (χ2n) is 5.64. The van der Waals surface area contributed by atoms with Gasteiger partial charge in [-0.2, -0.15) is 5.10 Å². The van der Waals surface area contributed by atoms with Gasteiger partial charge in [0.05, 0.1) is 6.20 Å². The van der Waals surface area contributed by atoms with Crippen LogP contribution in [0.25, 0.3) is 0 Å². The van der Waals surface area contributed by atoms with Gasteiger partial charge in [0.15, 0.2) is 0 Å². The van der Waals surface area contributed by atoms with Crippen molar-refractivity contribution in [3.63, 3.8) is 0 Å². The van der Waals surface area contributed by atoms with E-state index in [-0.39, 0.29) is 17.7 Å². The first kappa shape index (κ1) is 14.6. The predicted octanol–water partition coefficient (Wildman–Crippen LogP) is 0.336. The summed E-state index contributed by atoms with van der Waals surface area (Å²) in [5.41, 5.74) is 1.10. The normalized spacial score (nSPS) is 20.2. The summed E-state index contributed by atoms with van der Waals surface area (Å²) in [6.45, 7) is 5.03. The average molecular weight is 278 g/mol. The van der Waals surface area contributed by atoms with Crippen LogP contribution in [0.5, 0.6) is 0 Å². The lowest BCUT2D eigenvalue weighted by molar-refractivity contribution is -0.134. The Kier molecular flexibility index (Phi) is 4.42. The molecular formula is C14H22N4O2. The molecule has 0 spiro atoms. The molecule has 1 aliphatic heterocycles. The Morgan fingerprint density at radius 3 is 2.80 bits per heavy atom. The zero-order chi connectivity index (χ0) is 14.7. The lowest BCUT2D eigenvalue weighted by Gasteiger charge is -2.25. The van der Waals surface area contributed by atoms with Gasteiger partial charge >= 0.3 is 0 Å². The molecule has 20 heavy (non-hydrogen) atoms. The number of hydrogen-bond acceptors (Lipinski definition) is 3. The van der Waals surface area contributed by atoms with Crippen LogP contribution >= 0.6 is 0 Å². The number of amides is 2. The molecular weight excluding hydrogens is 256 g/mol. The van der Waals surface area contributed by atoms with E-state index in [0.717, 1.165) is 12.0 Å². The van der Waals surface area contributed by atoms with Crippen molar-refractivity contribution in [1.29, 1.82) is 0 Å². The third kappa shape index (κ3) is 3.37. The molecule has 110 valence electrons. The fourth-order valence-corrected chi connectivity index (χ4v) is 2.39. The summed E-state index contributed by atoms with van der Waals surface area (Å²) in [6.07, 6.45) is 4.90. The van der Waals surface area contributed by atoms with Crippen LogP contribution in [0.1, 0.15) is 25.8 Å². The quantitative estimate of drug-likeness (QED) is 0.863. The minimum Gasteiger partial charge on any atom is -0.344 e. The van der Waals surface area contributed by atoms with Gasteiger partial charge in [0.25, 0.3) is 0 Å². The standard InChI is InChI=1S/C14H22N4O2/c1-10(2)13-14(20)18(7-5-12(19)16-13)6-4-11-8-15-17(3)9-11/h8-10,13H,4-7H2,1-3H3,(H,16,19). The number of nitrogens with one attached hydrogen (secondary N) is 1. The molecule has 1 unspecified atom stereocenters. The van der Waals surface area contributed by atoms with Crippen molar-refractivity contribution in [3.8, 4) is 0 Å². The van der Waals surface area contributed by atoms with Gasteiger partial charge in [0.2, 0.25) is 11.8 Å². The molecule has 1 atom stereocenters. The van der Waals surface area contributed by atoms with E-state index >= 15 is 0 Å². The van der Waals surface area contributed by atoms with Crippen molar-refractivity contribution in [3.05, 3.63) is 18.0 Å². The maximum absolute atomic E-state index is 12.4. The molecule has 0 radical (unpaired) electrons. The molecule has 0 bridgehead atoms. The molecule has 1 saturated heterocycles. The van der Waals surface area contributed by atoms with Crippen LogP contribution in [0, 0.1) is 5.92 Å². The molecule has 1 fully saturated rings. The number of aryl methyl sites for hydroxylation is 1. The topological polar surface area (TPSA) is 67.2 Å². The summed E-state index contributed by atoms with van der Waals surface area (Å²) >= 11 is 0. The zero-order valence-corrected chi connectivity index (χ0v) is 12.3. The highest BCUT2D eigenvalue weighted by atomic mass is 16.2. The highest BCUT2D eigenvalue weighted by molar-refractivity contribution is 5.90. The molecule has 2 heterocycles. The van der Waals surface area contributed by atoms with Gasteiger partial charge in [-0.25, -0.2) is 0 Å². The third-order valence-electron chi connectivity index (χ3n) is 3.60. The lowest BCUT2D eigenvalue weighted by atomic mass is 10.0. The van der Waals surface area contributed by atoms with E-state index in [4.69, 9.17) is 0 Å². The molecule has 0 saturated carbocycles. The summed E-state index contributed by atoms with van der Waals surface area (Å²) in [7, 11) is 1.87. The van der Waals surface area contributed by atoms with Crippen molar-refractivity contribution in [2.24, 2.45) is 13.0 Å². The summed E-state index contributed by atoms with van der Waals surface area (Å²) in [6, 6.07) is -0.404. The van der Waals surface area contributed by atoms with Crippen LogP contribution in [0.15, 0.2) is 12.4 Å². The highest BCUT2D eigenvalue weighted by Crippen LogP contribution is 2.12. The van der Waals surface area contributed by atoms with E-state index in [1.165, 1.54) is 0 Å². The van der Waals surface area contributed by atoms with Crippen LogP contribution in [0.3, 0.4) is 0 Å². The molecule has 1 aliphatic rings. The van der Waals surface area contributed by atoms with Gasteiger partial charge in [-0.1, -0.05) is 13.8 Å². The largest absolute Gasteiger partial charge is 0.344 e. The van der Waals surface area contributed by atoms with E-state index < -0.39 is 6.04 Å². The Balaban J connectivity index is 2.01. The number of aromatic nitrogens is 2. The van der Waals surface area contributed by atoms with Crippen LogP contribution in [0.2, 0.25) is 0 Å². The predicted molar refractivity (Wildman–Crippen MR) is 74.9 cm³/mol. The Bertz CT molecular complexity index is 495. The lowest BCUT2D eigenvalue weighted by Crippen LogP contribution is -2.48. The Morgan fingerprint density at radius 1 is 1.45 bits per heavy atom. The molecule has 1 aromatic rings. The summed E-state index contributed by atoms with van der Waals surface area (Å²) in [5, 5.41) is 6.93. The smallest absolute Gasteiger partial charge is 0.245 e. The molecule has 1 N–H and O–H groups in total. The first-order chi connectivity index (χ1) is 9.47. The third-order valence-corrected chi connectivity index (χ3v) is 3.60. The van der Waals surface area contributed by atoms with Crippen LogP contribution in [-0.4, -0.2) is 45.6 Å². The number of rotatable bonds is 4. The summed E-state index contributed by atoms with van der Waals surface area (Å²) in [4.78, 5) is 25.9. The molecule has 0 aromatic carbocycles. The molecule has 2 rings (SSSR count). The van der Waals surface area contributed by atoms with Gasteiger partial charge in [0.1, 0.15) is 6.04 Å². The number of nitrogens with zero attached hydrogens (tertiary/aromatic N) is 3. The van der Waals surface area contributed by atoms with Gasteiger partial charge in [-0.05, 0) is 17.9 Å². The van der Waals surface area contributed by atoms with Crippen molar-refractivity contribution < 1.29 is 9.59 Å². The number of carbonyl (C=O) groups is 2. The first-order valence-electron chi connectivity index (χ1n) is 7.03. The van der Waals surface area contributed by atoms with Gasteiger partial charge in [-0.15, -0.1) is 0 Å². The highest BCUT2D eigenvalue weighted by Gasteiger charge is 2.31. The number of hydrogen-bond donors (Lipinski definition) is 1. The van der Waals surface area contributed by atoms with Crippen LogP contribution in [-0.2, 0) is 23.1 Å². The molecule has 6 nitrogen and oxygen atoms in total. The van der Waals surface area contributed by atoms with Gasteiger partial charge in [-0.3, -0.25) is 14.3 Å². The van der Waals surface area contributed by atoms with E-state index in [0.29, 0.717) is 19.5 Å². The minimum atomic E-state index is -0.404. The van der Waals surface area contributed by atoms with Crippen molar-refractivity contribution in [1.82, 2.24) is 20.0 Å². The second kappa shape index (κ2) is 6.07. The van der Waals surface area contributed by atoms with Gasteiger partial charge in [0, 0.05) is 32.8 Å². The van der Waals surface area contributed by atoms with E-state index in [1.54, 1.807) is 9.58 Å². The van der Waals surface area contributed by atoms with Crippen molar-refractivity contribution in [2.75, 3.05) is 13.1 Å². The Labute approximate surface area is 119 Å². The maximum atomic E-state index is 12.4. The second-order valence-corrected chi connectivity index (χ2v) is 5.64. The van der Waals surface area contributed by atoms with Crippen molar-refractivity contribution >= 4 is 11.8 Å². The van der Waals surface area contributed by atoms with E-state index in [9.17, 15) is 9.59 Å². The monoisotopic (exact) mass is 278 g/mol. The molecule has 1 aromatic heterocycles. The van der Waals surface area contributed by atoms with Crippen molar-refractivity contribution in [2.45, 2.75) is 32.7 Å². The zero-order valence-electron chi connectivity index (χ0n) is 12.3. The Hall–Kier alpha value is -1.85. The van der Waals surface area contributed by atoms with Crippen LogP contribution in [0.4, 0.5) is 0 Å². The van der Waals surface area contributed by atoms with E-state index in [2.05, 4.69) is 10.4 Å². The minimum absolute atomic E-state index is 0.0229. The SMILES string of the molecule is CC(C)C1NC(=O)CCN(CCc2cnn(C)c2)C1=O. The fraction of sp³-hybridized carbons (Fsp3) is 0.643. The fourth-order valence-electron chi connectivity index (χ4n) is 2.39. The summed E-state index contributed by atoms with van der Waals surface area (Å²) in [5.74, 6) is 0.0844. The van der Waals surface area contributed by atoms with E-state index in [1.807, 2.05) is 33.3 Å². The first-order valence-corrected chi connectivity index (χ1v) is 7.03. The molecule has 6 heteroatoms. The summed E-state index contributed by atoms with van der Waals surface area (Å²) < 4.78 is 1.75. The van der Waals surface area contributed by atoms with Crippen LogP contribution < -0.4 is 5.32 Å².